The van der Waals surface area contributed by atoms with E-state index in [-0.39, 0.29) is 29.4 Å². The Kier molecular flexibility index (Phi) is 4.52. The second-order valence-electron chi connectivity index (χ2n) is 6.71. The molecule has 2 aromatic rings. The zero-order chi connectivity index (χ0) is 18.3. The molecule has 1 fully saturated rings. The zero-order valence-corrected chi connectivity index (χ0v) is 15.9. The molecule has 0 radical (unpaired) electrons. The van der Waals surface area contributed by atoms with Gasteiger partial charge in [0.15, 0.2) is 15.0 Å². The molecule has 26 heavy (non-hydrogen) atoms. The second-order valence-corrected chi connectivity index (χ2v) is 9.81. The lowest BCUT2D eigenvalue weighted by Crippen LogP contribution is -2.39. The van der Waals surface area contributed by atoms with Crippen LogP contribution in [0.2, 0.25) is 0 Å². The molecule has 2 aliphatic rings. The highest BCUT2D eigenvalue weighted by molar-refractivity contribution is 8.13. The number of halogens is 1. The monoisotopic (exact) mass is 390 g/mol. The van der Waals surface area contributed by atoms with Crippen LogP contribution < -0.4 is 4.90 Å². The van der Waals surface area contributed by atoms with E-state index in [1.807, 2.05) is 42.2 Å². The predicted octanol–water partition coefficient (Wildman–Crippen LogP) is 3.41. The molecular formula is C19H19FN2O2S2. The number of sulfone groups is 1. The van der Waals surface area contributed by atoms with Gasteiger partial charge in [-0.15, -0.1) is 0 Å². The van der Waals surface area contributed by atoms with Crippen molar-refractivity contribution >= 4 is 32.5 Å². The molecule has 2 aromatic carbocycles. The SMILES string of the molecule is Cc1ccc(N2C(SCc3ccccc3F)=NC3CS(=O)(=O)CC32)cc1. The first kappa shape index (κ1) is 17.5. The number of anilines is 1. The van der Waals surface area contributed by atoms with Gasteiger partial charge in [-0.2, -0.15) is 0 Å². The fourth-order valence-corrected chi connectivity index (χ4v) is 6.35. The molecule has 2 atom stereocenters. The number of nitrogens with zero attached hydrogens (tertiary/aromatic N) is 2. The molecule has 0 aromatic heterocycles. The van der Waals surface area contributed by atoms with Gasteiger partial charge >= 0.3 is 0 Å². The molecule has 2 unspecified atom stereocenters. The summed E-state index contributed by atoms with van der Waals surface area (Å²) in [5, 5.41) is 0.766. The van der Waals surface area contributed by atoms with Crippen molar-refractivity contribution in [2.24, 2.45) is 4.99 Å². The Morgan fingerprint density at radius 3 is 2.62 bits per heavy atom. The highest BCUT2D eigenvalue weighted by Gasteiger charge is 2.47. The first-order valence-electron chi connectivity index (χ1n) is 8.43. The van der Waals surface area contributed by atoms with Crippen LogP contribution >= 0.6 is 11.8 Å². The van der Waals surface area contributed by atoms with Crippen molar-refractivity contribution in [2.75, 3.05) is 16.4 Å². The number of benzene rings is 2. The van der Waals surface area contributed by atoms with Crippen molar-refractivity contribution in [3.05, 3.63) is 65.5 Å². The normalized spacial score (nSPS) is 23.8. The second kappa shape index (κ2) is 6.70. The van der Waals surface area contributed by atoms with Crippen molar-refractivity contribution < 1.29 is 12.8 Å². The predicted molar refractivity (Wildman–Crippen MR) is 105 cm³/mol. The maximum atomic E-state index is 13.9. The van der Waals surface area contributed by atoms with E-state index in [2.05, 4.69) is 4.99 Å². The van der Waals surface area contributed by atoms with Gasteiger partial charge in [-0.1, -0.05) is 47.7 Å². The lowest BCUT2D eigenvalue weighted by atomic mass is 10.1. The summed E-state index contributed by atoms with van der Waals surface area (Å²) in [6.45, 7) is 2.01. The number of hydrogen-bond acceptors (Lipinski definition) is 5. The molecule has 4 nitrogen and oxygen atoms in total. The number of amidine groups is 1. The molecule has 7 heteroatoms. The number of aryl methyl sites for hydroxylation is 1. The highest BCUT2D eigenvalue weighted by Crippen LogP contribution is 2.36. The molecular weight excluding hydrogens is 371 g/mol. The number of aliphatic imine (C=N–C) groups is 1. The lowest BCUT2D eigenvalue weighted by molar-refractivity contribution is 0.601. The molecule has 1 saturated heterocycles. The Balaban J connectivity index is 1.63. The summed E-state index contributed by atoms with van der Waals surface area (Å²) < 4.78 is 38.0. The Hall–Kier alpha value is -1.86. The van der Waals surface area contributed by atoms with Crippen LogP contribution in [0.5, 0.6) is 0 Å². The van der Waals surface area contributed by atoms with Gasteiger partial charge in [0, 0.05) is 11.4 Å². The third-order valence-corrected chi connectivity index (χ3v) is 7.45. The number of rotatable bonds is 3. The van der Waals surface area contributed by atoms with Crippen LogP contribution in [0, 0.1) is 12.7 Å². The summed E-state index contributed by atoms with van der Waals surface area (Å²) >= 11 is 1.46. The van der Waals surface area contributed by atoms with Crippen LogP contribution in [0.1, 0.15) is 11.1 Å². The maximum Gasteiger partial charge on any atom is 0.164 e. The van der Waals surface area contributed by atoms with Crippen LogP contribution in [0.25, 0.3) is 0 Å². The Bertz CT molecular complexity index is 958. The van der Waals surface area contributed by atoms with Crippen molar-refractivity contribution in [1.29, 1.82) is 0 Å². The summed E-state index contributed by atoms with van der Waals surface area (Å²) in [6.07, 6.45) is 0. The summed E-state index contributed by atoms with van der Waals surface area (Å²) in [5.41, 5.74) is 2.69. The van der Waals surface area contributed by atoms with Crippen LogP contribution in [-0.2, 0) is 15.6 Å². The average Bonchev–Trinajstić information content (AvgIpc) is 3.06. The van der Waals surface area contributed by atoms with Crippen LogP contribution in [0.3, 0.4) is 0 Å². The van der Waals surface area contributed by atoms with Crippen molar-refractivity contribution in [3.63, 3.8) is 0 Å². The molecule has 2 heterocycles. The molecule has 0 N–H and O–H groups in total. The molecule has 0 spiro atoms. The van der Waals surface area contributed by atoms with Crippen molar-refractivity contribution in [3.8, 4) is 0 Å². The minimum Gasteiger partial charge on any atom is -0.315 e. The molecule has 4 rings (SSSR count). The fraction of sp³-hybridized carbons (Fsp3) is 0.316. The minimum absolute atomic E-state index is 0.0871. The van der Waals surface area contributed by atoms with Crippen LogP contribution in [0.4, 0.5) is 10.1 Å². The smallest absolute Gasteiger partial charge is 0.164 e. The summed E-state index contributed by atoms with van der Waals surface area (Å²) in [5.74, 6) is 0.422. The Morgan fingerprint density at radius 2 is 1.88 bits per heavy atom. The average molecular weight is 391 g/mol. The van der Waals surface area contributed by atoms with E-state index < -0.39 is 9.84 Å². The van der Waals surface area contributed by atoms with Gasteiger partial charge in [0.25, 0.3) is 0 Å². The highest BCUT2D eigenvalue weighted by atomic mass is 32.2. The van der Waals surface area contributed by atoms with Crippen LogP contribution in [0.15, 0.2) is 53.5 Å². The van der Waals surface area contributed by atoms with Crippen molar-refractivity contribution in [2.45, 2.75) is 24.8 Å². The van der Waals surface area contributed by atoms with Gasteiger partial charge in [0.2, 0.25) is 0 Å². The van der Waals surface area contributed by atoms with E-state index in [1.54, 1.807) is 12.1 Å². The number of fused-ring (bicyclic) bond motifs is 1. The van der Waals surface area contributed by atoms with Gasteiger partial charge < -0.3 is 4.90 Å². The van der Waals surface area contributed by atoms with Gasteiger partial charge in [0.1, 0.15) is 5.82 Å². The quantitative estimate of drug-likeness (QED) is 0.806. The van der Waals surface area contributed by atoms with Gasteiger partial charge in [0.05, 0.1) is 23.6 Å². The third kappa shape index (κ3) is 3.38. The summed E-state index contributed by atoms with van der Waals surface area (Å²) in [6, 6.07) is 14.3. The molecule has 0 aliphatic carbocycles. The molecule has 2 aliphatic heterocycles. The van der Waals surface area contributed by atoms with Crippen molar-refractivity contribution in [1.82, 2.24) is 0 Å². The van der Waals surface area contributed by atoms with E-state index >= 15 is 0 Å². The van der Waals surface area contributed by atoms with E-state index in [0.717, 1.165) is 16.4 Å². The lowest BCUT2D eigenvalue weighted by Gasteiger charge is -2.26. The first-order valence-corrected chi connectivity index (χ1v) is 11.2. The summed E-state index contributed by atoms with van der Waals surface area (Å²) in [7, 11) is -3.07. The third-order valence-electron chi connectivity index (χ3n) is 4.73. The molecule has 0 bridgehead atoms. The van der Waals surface area contributed by atoms with Crippen LogP contribution in [-0.4, -0.2) is 37.2 Å². The first-order chi connectivity index (χ1) is 12.4. The molecule has 0 saturated carbocycles. The van der Waals surface area contributed by atoms with E-state index in [1.165, 1.54) is 17.8 Å². The molecule has 136 valence electrons. The molecule has 0 amide bonds. The summed E-state index contributed by atoms with van der Waals surface area (Å²) in [4.78, 5) is 6.69. The van der Waals surface area contributed by atoms with Gasteiger partial charge in [-0.3, -0.25) is 4.99 Å². The van der Waals surface area contributed by atoms with E-state index in [0.29, 0.717) is 11.3 Å². The minimum atomic E-state index is -3.07. The Morgan fingerprint density at radius 1 is 1.15 bits per heavy atom. The number of thioether (sulfide) groups is 1. The fourth-order valence-electron chi connectivity index (χ4n) is 3.40. The Labute approximate surface area is 157 Å². The maximum absolute atomic E-state index is 13.9. The van der Waals surface area contributed by atoms with E-state index in [4.69, 9.17) is 0 Å². The zero-order valence-electron chi connectivity index (χ0n) is 14.3. The van der Waals surface area contributed by atoms with Gasteiger partial charge in [-0.25, -0.2) is 12.8 Å². The largest absolute Gasteiger partial charge is 0.315 e. The van der Waals surface area contributed by atoms with E-state index in [9.17, 15) is 12.8 Å². The van der Waals surface area contributed by atoms with Gasteiger partial charge in [-0.05, 0) is 30.7 Å². The standard InChI is InChI=1S/C19H19FN2O2S2/c1-13-6-8-15(9-7-13)22-18-12-26(23,24)11-17(18)21-19(22)25-10-14-4-2-3-5-16(14)20/h2-9,17-18H,10-12H2,1H3. The number of hydrogen-bond donors (Lipinski definition) is 0. The topological polar surface area (TPSA) is 49.7 Å².